The fourth-order valence-corrected chi connectivity index (χ4v) is 2.29. The largest absolute Gasteiger partial charge is 0.399 e. The second kappa shape index (κ2) is 5.98. The Morgan fingerprint density at radius 1 is 1.16 bits per heavy atom. The molecule has 3 nitrogen and oxygen atoms in total. The average molecular weight is 407 g/mol. The Balaban J connectivity index is 2.27. The number of amides is 1. The molecule has 2 rings (SSSR count). The molecule has 0 spiro atoms. The van der Waals surface area contributed by atoms with Gasteiger partial charge in [0.25, 0.3) is 5.91 Å². The molecule has 0 aromatic heterocycles. The summed E-state index contributed by atoms with van der Waals surface area (Å²) in [5.41, 5.74) is 6.98. The van der Waals surface area contributed by atoms with Gasteiger partial charge in [-0.1, -0.05) is 23.2 Å². The molecule has 0 saturated heterocycles. The van der Waals surface area contributed by atoms with Gasteiger partial charge < -0.3 is 11.1 Å². The second-order valence-corrected chi connectivity index (χ2v) is 5.86. The van der Waals surface area contributed by atoms with Gasteiger partial charge >= 0.3 is 0 Å². The molecule has 0 aliphatic rings. The zero-order valence-electron chi connectivity index (χ0n) is 9.58. The van der Waals surface area contributed by atoms with Crippen LogP contribution in [0.2, 0.25) is 10.0 Å². The van der Waals surface area contributed by atoms with Crippen LogP contribution in [0.15, 0.2) is 36.4 Å². The summed E-state index contributed by atoms with van der Waals surface area (Å²) in [6.07, 6.45) is 0. The van der Waals surface area contributed by atoms with E-state index in [0.29, 0.717) is 11.4 Å². The number of hydrogen-bond acceptors (Lipinski definition) is 2. The number of carbonyl (C=O) groups excluding carboxylic acids is 1. The molecule has 0 bridgehead atoms. The first kappa shape index (κ1) is 14.4. The molecule has 3 N–H and O–H groups in total. The monoisotopic (exact) mass is 406 g/mol. The van der Waals surface area contributed by atoms with E-state index in [4.69, 9.17) is 28.9 Å². The van der Waals surface area contributed by atoms with Crippen LogP contribution >= 0.6 is 45.8 Å². The van der Waals surface area contributed by atoms with Crippen LogP contribution in [0, 0.1) is 3.57 Å². The summed E-state index contributed by atoms with van der Waals surface area (Å²) in [4.78, 5) is 12.1. The molecule has 98 valence electrons. The summed E-state index contributed by atoms with van der Waals surface area (Å²) in [6.45, 7) is 0. The van der Waals surface area contributed by atoms with Crippen molar-refractivity contribution in [2.24, 2.45) is 0 Å². The highest BCUT2D eigenvalue weighted by Crippen LogP contribution is 2.29. The predicted octanol–water partition coefficient (Wildman–Crippen LogP) is 4.43. The maximum atomic E-state index is 12.1. The lowest BCUT2D eigenvalue weighted by molar-refractivity contribution is 0.102. The van der Waals surface area contributed by atoms with Gasteiger partial charge in [0.1, 0.15) is 0 Å². The minimum absolute atomic E-state index is 0.193. The Morgan fingerprint density at radius 3 is 2.42 bits per heavy atom. The Hall–Kier alpha value is -0.980. The van der Waals surface area contributed by atoms with Gasteiger partial charge in [-0.25, -0.2) is 0 Å². The lowest BCUT2D eigenvalue weighted by Gasteiger charge is -2.09. The molecule has 0 heterocycles. The first-order valence-corrected chi connectivity index (χ1v) is 7.12. The lowest BCUT2D eigenvalue weighted by Crippen LogP contribution is -2.13. The van der Waals surface area contributed by atoms with Crippen molar-refractivity contribution in [3.63, 3.8) is 0 Å². The van der Waals surface area contributed by atoms with E-state index in [0.717, 1.165) is 3.57 Å². The minimum Gasteiger partial charge on any atom is -0.399 e. The molecule has 19 heavy (non-hydrogen) atoms. The van der Waals surface area contributed by atoms with Crippen LogP contribution in [-0.2, 0) is 0 Å². The van der Waals surface area contributed by atoms with E-state index < -0.39 is 0 Å². The summed E-state index contributed by atoms with van der Waals surface area (Å²) < 4.78 is 1.08. The van der Waals surface area contributed by atoms with Crippen molar-refractivity contribution >= 4 is 63.1 Å². The Bertz CT molecular complexity index is 629. The molecule has 0 atom stereocenters. The molecule has 0 unspecified atom stereocenters. The van der Waals surface area contributed by atoms with Crippen LogP contribution in [0.25, 0.3) is 0 Å². The van der Waals surface area contributed by atoms with Gasteiger partial charge in [-0.15, -0.1) is 0 Å². The molecule has 2 aromatic rings. The first-order valence-electron chi connectivity index (χ1n) is 5.29. The van der Waals surface area contributed by atoms with Crippen LogP contribution < -0.4 is 11.1 Å². The van der Waals surface area contributed by atoms with Gasteiger partial charge in [0.2, 0.25) is 0 Å². The van der Waals surface area contributed by atoms with E-state index in [1.165, 1.54) is 12.1 Å². The molecule has 2 aromatic carbocycles. The van der Waals surface area contributed by atoms with E-state index in [2.05, 4.69) is 27.9 Å². The van der Waals surface area contributed by atoms with Crippen molar-refractivity contribution in [1.82, 2.24) is 0 Å². The fourth-order valence-electron chi connectivity index (χ4n) is 1.51. The molecule has 0 aliphatic carbocycles. The van der Waals surface area contributed by atoms with Crippen molar-refractivity contribution < 1.29 is 4.79 Å². The van der Waals surface area contributed by atoms with Crippen molar-refractivity contribution in [3.8, 4) is 0 Å². The number of halogens is 3. The summed E-state index contributed by atoms with van der Waals surface area (Å²) in [5, 5.41) is 3.19. The number of nitrogens with one attached hydrogen (secondary N) is 1. The normalized spacial score (nSPS) is 10.3. The highest BCUT2D eigenvalue weighted by molar-refractivity contribution is 14.1. The van der Waals surface area contributed by atoms with E-state index in [1.54, 1.807) is 0 Å². The van der Waals surface area contributed by atoms with E-state index in [9.17, 15) is 4.79 Å². The van der Waals surface area contributed by atoms with Crippen LogP contribution in [-0.4, -0.2) is 5.91 Å². The number of benzene rings is 2. The molecule has 0 aliphatic heterocycles. The van der Waals surface area contributed by atoms with Crippen molar-refractivity contribution in [1.29, 1.82) is 0 Å². The lowest BCUT2D eigenvalue weighted by atomic mass is 10.2. The standard InChI is InChI=1S/C13H9Cl2IN2O/c14-11-6-8(17)5-10(12(11)15)13(19)18-9-3-1-7(16)2-4-9/h1-6H,17H2,(H,18,19). The third-order valence-electron chi connectivity index (χ3n) is 2.40. The van der Waals surface area contributed by atoms with Crippen molar-refractivity contribution in [2.75, 3.05) is 11.1 Å². The van der Waals surface area contributed by atoms with Gasteiger partial charge in [-0.05, 0) is 59.0 Å². The summed E-state index contributed by atoms with van der Waals surface area (Å²) in [5.74, 6) is -0.347. The summed E-state index contributed by atoms with van der Waals surface area (Å²) in [7, 11) is 0. The number of hydrogen-bond donors (Lipinski definition) is 2. The summed E-state index contributed by atoms with van der Waals surface area (Å²) >= 11 is 14.1. The highest BCUT2D eigenvalue weighted by atomic mass is 127. The highest BCUT2D eigenvalue weighted by Gasteiger charge is 2.14. The average Bonchev–Trinajstić information content (AvgIpc) is 2.36. The number of anilines is 2. The fraction of sp³-hybridized carbons (Fsp3) is 0. The van der Waals surface area contributed by atoms with Gasteiger partial charge in [-0.2, -0.15) is 0 Å². The quantitative estimate of drug-likeness (QED) is 0.572. The van der Waals surface area contributed by atoms with Crippen LogP contribution in [0.3, 0.4) is 0 Å². The summed E-state index contributed by atoms with van der Waals surface area (Å²) in [6, 6.07) is 10.4. The van der Waals surface area contributed by atoms with Crippen LogP contribution in [0.5, 0.6) is 0 Å². The minimum atomic E-state index is -0.347. The predicted molar refractivity (Wildman–Crippen MR) is 88.0 cm³/mol. The molecule has 6 heteroatoms. The maximum absolute atomic E-state index is 12.1. The molecular formula is C13H9Cl2IN2O. The number of nitrogens with two attached hydrogens (primary N) is 1. The number of rotatable bonds is 2. The Labute approximate surface area is 134 Å². The zero-order valence-corrected chi connectivity index (χ0v) is 13.3. The topological polar surface area (TPSA) is 55.1 Å². The van der Waals surface area contributed by atoms with Gasteiger partial charge in [0.05, 0.1) is 15.6 Å². The third kappa shape index (κ3) is 3.52. The number of carbonyl (C=O) groups is 1. The van der Waals surface area contributed by atoms with E-state index in [-0.39, 0.29) is 21.5 Å². The van der Waals surface area contributed by atoms with Gasteiger partial charge in [0, 0.05) is 14.9 Å². The van der Waals surface area contributed by atoms with Crippen LogP contribution in [0.4, 0.5) is 11.4 Å². The van der Waals surface area contributed by atoms with Crippen LogP contribution in [0.1, 0.15) is 10.4 Å². The van der Waals surface area contributed by atoms with E-state index in [1.807, 2.05) is 24.3 Å². The van der Waals surface area contributed by atoms with Crippen molar-refractivity contribution in [3.05, 3.63) is 55.6 Å². The Kier molecular flexibility index (Phi) is 4.54. The molecular weight excluding hydrogens is 398 g/mol. The Morgan fingerprint density at radius 2 is 1.79 bits per heavy atom. The van der Waals surface area contributed by atoms with E-state index >= 15 is 0 Å². The molecule has 0 radical (unpaired) electrons. The second-order valence-electron chi connectivity index (χ2n) is 3.83. The maximum Gasteiger partial charge on any atom is 0.257 e. The smallest absolute Gasteiger partial charge is 0.257 e. The third-order valence-corrected chi connectivity index (χ3v) is 3.92. The van der Waals surface area contributed by atoms with Crippen molar-refractivity contribution in [2.45, 2.75) is 0 Å². The zero-order chi connectivity index (χ0) is 14.0. The molecule has 0 fully saturated rings. The number of nitrogen functional groups attached to an aromatic ring is 1. The SMILES string of the molecule is Nc1cc(Cl)c(Cl)c(C(=O)Nc2ccc(I)cc2)c1. The molecule has 1 amide bonds. The first-order chi connectivity index (χ1) is 8.97. The van der Waals surface area contributed by atoms with Gasteiger partial charge in [0.15, 0.2) is 0 Å². The molecule has 0 saturated carbocycles. The van der Waals surface area contributed by atoms with Gasteiger partial charge in [-0.3, -0.25) is 4.79 Å².